The third-order valence-corrected chi connectivity index (χ3v) is 4.72. The van der Waals surface area contributed by atoms with Gasteiger partial charge in [0.25, 0.3) is 0 Å². The third kappa shape index (κ3) is 4.50. The molecule has 1 aromatic rings. The molecule has 0 atom stereocenters. The number of aromatic nitrogens is 2. The number of imide groups is 1. The van der Waals surface area contributed by atoms with E-state index in [1.54, 1.807) is 11.8 Å². The number of carbonyl (C=O) groups is 3. The van der Waals surface area contributed by atoms with E-state index < -0.39 is 0 Å². The second kappa shape index (κ2) is 7.51. The second-order valence-corrected chi connectivity index (χ2v) is 6.89. The molecule has 7 nitrogen and oxygen atoms in total. The minimum Gasteiger partial charge on any atom is -0.301 e. The summed E-state index contributed by atoms with van der Waals surface area (Å²) in [5.74, 6) is 0.426. The summed E-state index contributed by atoms with van der Waals surface area (Å²) in [5, 5.41) is 11.0. The number of nitrogens with one attached hydrogen (secondary N) is 1. The number of thioether (sulfide) groups is 1. The van der Waals surface area contributed by atoms with Crippen LogP contribution in [-0.4, -0.2) is 45.1 Å². The Bertz CT molecular complexity index is 530. The zero-order valence-electron chi connectivity index (χ0n) is 11.6. The summed E-state index contributed by atoms with van der Waals surface area (Å²) in [6.07, 6.45) is 1.27. The van der Waals surface area contributed by atoms with Crippen molar-refractivity contribution in [2.75, 3.05) is 17.6 Å². The van der Waals surface area contributed by atoms with Crippen molar-refractivity contribution in [2.45, 2.75) is 36.9 Å². The van der Waals surface area contributed by atoms with Crippen molar-refractivity contribution in [2.24, 2.45) is 0 Å². The van der Waals surface area contributed by atoms with Gasteiger partial charge in [0.15, 0.2) is 4.34 Å². The SMILES string of the molecule is CCSc1nnc(NC(=O)CCCN2C(=O)CCC2=O)s1. The van der Waals surface area contributed by atoms with Crippen LogP contribution in [0.1, 0.15) is 32.6 Å². The highest BCUT2D eigenvalue weighted by Crippen LogP contribution is 2.25. The van der Waals surface area contributed by atoms with Gasteiger partial charge in [0, 0.05) is 25.8 Å². The van der Waals surface area contributed by atoms with Gasteiger partial charge in [-0.05, 0) is 12.2 Å². The molecule has 0 radical (unpaired) electrons. The summed E-state index contributed by atoms with van der Waals surface area (Å²) in [4.78, 5) is 35.8. The summed E-state index contributed by atoms with van der Waals surface area (Å²) in [6, 6.07) is 0. The van der Waals surface area contributed by atoms with E-state index in [0.29, 0.717) is 18.1 Å². The molecule has 0 saturated carbocycles. The first kappa shape index (κ1) is 15.9. The topological polar surface area (TPSA) is 92.3 Å². The first-order valence-corrected chi connectivity index (χ1v) is 8.49. The Labute approximate surface area is 130 Å². The molecule has 0 unspecified atom stereocenters. The number of amides is 3. The lowest BCUT2D eigenvalue weighted by atomic mass is 10.3. The summed E-state index contributed by atoms with van der Waals surface area (Å²) >= 11 is 2.91. The van der Waals surface area contributed by atoms with E-state index in [2.05, 4.69) is 15.5 Å². The third-order valence-electron chi connectivity index (χ3n) is 2.86. The number of nitrogens with zero attached hydrogens (tertiary/aromatic N) is 3. The Hall–Kier alpha value is -1.48. The van der Waals surface area contributed by atoms with Crippen LogP contribution in [-0.2, 0) is 14.4 Å². The monoisotopic (exact) mass is 328 g/mol. The average Bonchev–Trinajstić information content (AvgIpc) is 3.00. The predicted octanol–water partition coefficient (Wildman–Crippen LogP) is 1.52. The van der Waals surface area contributed by atoms with Crippen LogP contribution in [0.25, 0.3) is 0 Å². The fourth-order valence-electron chi connectivity index (χ4n) is 1.89. The molecule has 0 spiro atoms. The number of anilines is 1. The first-order valence-electron chi connectivity index (χ1n) is 6.69. The zero-order valence-corrected chi connectivity index (χ0v) is 13.3. The summed E-state index contributed by atoms with van der Waals surface area (Å²) in [7, 11) is 0. The van der Waals surface area contributed by atoms with E-state index in [9.17, 15) is 14.4 Å². The quantitative estimate of drug-likeness (QED) is 0.463. The van der Waals surface area contributed by atoms with Gasteiger partial charge in [-0.2, -0.15) is 0 Å². The largest absolute Gasteiger partial charge is 0.301 e. The maximum atomic E-state index is 11.7. The van der Waals surface area contributed by atoms with Crippen molar-refractivity contribution in [3.8, 4) is 0 Å². The molecule has 1 fully saturated rings. The van der Waals surface area contributed by atoms with Crippen LogP contribution >= 0.6 is 23.1 Å². The molecule has 2 rings (SSSR count). The van der Waals surface area contributed by atoms with E-state index in [1.807, 2.05) is 6.92 Å². The van der Waals surface area contributed by atoms with Gasteiger partial charge in [0.05, 0.1) is 0 Å². The number of carbonyl (C=O) groups excluding carboxylic acids is 3. The van der Waals surface area contributed by atoms with Crippen molar-refractivity contribution in [1.82, 2.24) is 15.1 Å². The number of hydrogen-bond donors (Lipinski definition) is 1. The maximum Gasteiger partial charge on any atom is 0.229 e. The van der Waals surface area contributed by atoms with Crippen LogP contribution in [0, 0.1) is 0 Å². The van der Waals surface area contributed by atoms with E-state index in [4.69, 9.17) is 0 Å². The van der Waals surface area contributed by atoms with Crippen molar-refractivity contribution >= 4 is 46.0 Å². The van der Waals surface area contributed by atoms with Crippen LogP contribution < -0.4 is 5.32 Å². The van der Waals surface area contributed by atoms with Crippen molar-refractivity contribution in [1.29, 1.82) is 0 Å². The van der Waals surface area contributed by atoms with Gasteiger partial charge in [-0.3, -0.25) is 19.3 Å². The molecule has 1 aromatic heterocycles. The molecule has 1 aliphatic rings. The lowest BCUT2D eigenvalue weighted by molar-refractivity contribution is -0.138. The van der Waals surface area contributed by atoms with E-state index in [0.717, 1.165) is 10.1 Å². The predicted molar refractivity (Wildman–Crippen MR) is 80.1 cm³/mol. The zero-order chi connectivity index (χ0) is 15.2. The molecule has 2 heterocycles. The molecular formula is C12H16N4O3S2. The van der Waals surface area contributed by atoms with E-state index in [1.165, 1.54) is 16.2 Å². The van der Waals surface area contributed by atoms with Crippen LogP contribution in [0.3, 0.4) is 0 Å². The van der Waals surface area contributed by atoms with Crippen molar-refractivity contribution in [3.05, 3.63) is 0 Å². The molecule has 3 amide bonds. The summed E-state index contributed by atoms with van der Waals surface area (Å²) in [6.45, 7) is 2.32. The maximum absolute atomic E-state index is 11.7. The number of likely N-dealkylation sites (tertiary alicyclic amines) is 1. The molecular weight excluding hydrogens is 312 g/mol. The highest BCUT2D eigenvalue weighted by atomic mass is 32.2. The number of rotatable bonds is 7. The number of hydrogen-bond acceptors (Lipinski definition) is 7. The lowest BCUT2D eigenvalue weighted by Crippen LogP contribution is -2.30. The van der Waals surface area contributed by atoms with Crippen molar-refractivity contribution < 1.29 is 14.4 Å². The van der Waals surface area contributed by atoms with Gasteiger partial charge in [-0.15, -0.1) is 10.2 Å². The molecule has 21 heavy (non-hydrogen) atoms. The molecule has 1 N–H and O–H groups in total. The average molecular weight is 328 g/mol. The van der Waals surface area contributed by atoms with Crippen LogP contribution in [0.2, 0.25) is 0 Å². The van der Waals surface area contributed by atoms with Gasteiger partial charge in [-0.1, -0.05) is 30.0 Å². The van der Waals surface area contributed by atoms with Gasteiger partial charge in [-0.25, -0.2) is 0 Å². The van der Waals surface area contributed by atoms with Crippen LogP contribution in [0.5, 0.6) is 0 Å². The minimum atomic E-state index is -0.182. The van der Waals surface area contributed by atoms with Crippen molar-refractivity contribution in [3.63, 3.8) is 0 Å². The van der Waals surface area contributed by atoms with Crippen LogP contribution in [0.4, 0.5) is 5.13 Å². The van der Waals surface area contributed by atoms with Crippen LogP contribution in [0.15, 0.2) is 4.34 Å². The Morgan fingerprint density at radius 3 is 2.71 bits per heavy atom. The first-order chi connectivity index (χ1) is 10.1. The van der Waals surface area contributed by atoms with Gasteiger partial charge < -0.3 is 5.32 Å². The Morgan fingerprint density at radius 1 is 1.33 bits per heavy atom. The highest BCUT2D eigenvalue weighted by molar-refractivity contribution is 8.01. The fraction of sp³-hybridized carbons (Fsp3) is 0.583. The Balaban J connectivity index is 1.72. The summed E-state index contributed by atoms with van der Waals surface area (Å²) in [5.41, 5.74) is 0. The Morgan fingerprint density at radius 2 is 2.05 bits per heavy atom. The summed E-state index contributed by atoms with van der Waals surface area (Å²) < 4.78 is 0.820. The molecule has 0 aliphatic carbocycles. The molecule has 1 aliphatic heterocycles. The normalized spacial score (nSPS) is 14.8. The molecule has 0 bridgehead atoms. The molecule has 0 aromatic carbocycles. The van der Waals surface area contributed by atoms with E-state index in [-0.39, 0.29) is 37.0 Å². The van der Waals surface area contributed by atoms with E-state index >= 15 is 0 Å². The smallest absolute Gasteiger partial charge is 0.229 e. The fourth-order valence-corrected chi connectivity index (χ4v) is 3.56. The molecule has 114 valence electrons. The highest BCUT2D eigenvalue weighted by Gasteiger charge is 2.28. The minimum absolute atomic E-state index is 0.147. The molecule has 1 saturated heterocycles. The lowest BCUT2D eigenvalue weighted by Gasteiger charge is -2.12. The standard InChI is InChI=1S/C12H16N4O3S2/c1-2-20-12-15-14-11(21-12)13-8(17)4-3-7-16-9(18)5-6-10(16)19/h2-7H2,1H3,(H,13,14,17). The van der Waals surface area contributed by atoms with Gasteiger partial charge in [0.2, 0.25) is 22.9 Å². The Kier molecular flexibility index (Phi) is 5.68. The molecule has 9 heteroatoms. The van der Waals surface area contributed by atoms with Gasteiger partial charge in [0.1, 0.15) is 0 Å². The van der Waals surface area contributed by atoms with Gasteiger partial charge >= 0.3 is 0 Å². The second-order valence-electron chi connectivity index (χ2n) is 4.40.